The number of benzene rings is 1. The van der Waals surface area contributed by atoms with Gasteiger partial charge in [-0.25, -0.2) is 0 Å². The standard InChI is InChI=1S/C15H23NO3/c1-3-11-5-6-14-12(9-11)15(18)13(10-19-14)16(4-2)7-8-17/h5-6,9,13,15,17-18H,3-4,7-8,10H2,1-2H3. The molecule has 0 bridgehead atoms. The fraction of sp³-hybridized carbons (Fsp3) is 0.600. The van der Waals surface area contributed by atoms with E-state index in [0.717, 1.165) is 24.3 Å². The molecule has 0 aromatic heterocycles. The predicted molar refractivity (Wildman–Crippen MR) is 74.4 cm³/mol. The third-order valence-corrected chi connectivity index (χ3v) is 3.84. The molecule has 1 aliphatic heterocycles. The molecular weight excluding hydrogens is 242 g/mol. The number of aryl methyl sites for hydroxylation is 1. The van der Waals surface area contributed by atoms with Crippen LogP contribution in [0, 0.1) is 0 Å². The van der Waals surface area contributed by atoms with Crippen LogP contribution in [-0.4, -0.2) is 47.5 Å². The van der Waals surface area contributed by atoms with Crippen molar-refractivity contribution in [2.24, 2.45) is 0 Å². The quantitative estimate of drug-likeness (QED) is 0.844. The van der Waals surface area contributed by atoms with Crippen molar-refractivity contribution < 1.29 is 14.9 Å². The molecule has 0 saturated carbocycles. The lowest BCUT2D eigenvalue weighted by Crippen LogP contribution is -2.47. The first-order valence-electron chi connectivity index (χ1n) is 6.99. The number of fused-ring (bicyclic) bond motifs is 1. The molecule has 4 nitrogen and oxygen atoms in total. The van der Waals surface area contributed by atoms with E-state index in [0.29, 0.717) is 13.2 Å². The van der Waals surface area contributed by atoms with Gasteiger partial charge >= 0.3 is 0 Å². The van der Waals surface area contributed by atoms with E-state index in [4.69, 9.17) is 9.84 Å². The first kappa shape index (κ1) is 14.3. The summed E-state index contributed by atoms with van der Waals surface area (Å²) in [5, 5.41) is 19.7. The molecule has 1 aromatic rings. The van der Waals surface area contributed by atoms with Gasteiger partial charge in [0.2, 0.25) is 0 Å². The van der Waals surface area contributed by atoms with Crippen molar-refractivity contribution in [1.29, 1.82) is 0 Å². The molecule has 2 unspecified atom stereocenters. The average Bonchev–Trinajstić information content (AvgIpc) is 2.45. The van der Waals surface area contributed by atoms with Gasteiger partial charge in [-0.1, -0.05) is 19.9 Å². The van der Waals surface area contributed by atoms with Crippen molar-refractivity contribution in [1.82, 2.24) is 4.90 Å². The number of likely N-dealkylation sites (N-methyl/N-ethyl adjacent to an activating group) is 1. The van der Waals surface area contributed by atoms with Crippen LogP contribution in [0.4, 0.5) is 0 Å². The molecule has 0 fully saturated rings. The highest BCUT2D eigenvalue weighted by molar-refractivity contribution is 5.41. The number of rotatable bonds is 5. The van der Waals surface area contributed by atoms with Crippen molar-refractivity contribution in [2.45, 2.75) is 32.4 Å². The Kier molecular flexibility index (Phi) is 4.80. The second kappa shape index (κ2) is 6.37. The third-order valence-electron chi connectivity index (χ3n) is 3.84. The second-order valence-electron chi connectivity index (χ2n) is 4.90. The molecule has 0 amide bonds. The van der Waals surface area contributed by atoms with Crippen LogP contribution in [-0.2, 0) is 6.42 Å². The Morgan fingerprint density at radius 2 is 2.16 bits per heavy atom. The van der Waals surface area contributed by atoms with Crippen LogP contribution in [0.15, 0.2) is 18.2 Å². The summed E-state index contributed by atoms with van der Waals surface area (Å²) in [5.41, 5.74) is 2.07. The topological polar surface area (TPSA) is 52.9 Å². The van der Waals surface area contributed by atoms with E-state index in [9.17, 15) is 5.11 Å². The summed E-state index contributed by atoms with van der Waals surface area (Å²) in [7, 11) is 0. The lowest BCUT2D eigenvalue weighted by Gasteiger charge is -2.37. The molecule has 0 radical (unpaired) electrons. The molecule has 1 aliphatic rings. The molecule has 0 saturated heterocycles. The third kappa shape index (κ3) is 2.91. The summed E-state index contributed by atoms with van der Waals surface area (Å²) in [4.78, 5) is 2.06. The van der Waals surface area contributed by atoms with Crippen LogP contribution in [0.5, 0.6) is 5.75 Å². The fourth-order valence-electron chi connectivity index (χ4n) is 2.65. The van der Waals surface area contributed by atoms with Crippen LogP contribution in [0.3, 0.4) is 0 Å². The molecular formula is C15H23NO3. The smallest absolute Gasteiger partial charge is 0.125 e. The Hall–Kier alpha value is -1.10. The Bertz CT molecular complexity index is 422. The van der Waals surface area contributed by atoms with Crippen LogP contribution in [0.2, 0.25) is 0 Å². The van der Waals surface area contributed by atoms with Gasteiger partial charge in [0.05, 0.1) is 12.6 Å². The zero-order valence-corrected chi connectivity index (χ0v) is 11.7. The number of aliphatic hydroxyl groups is 2. The lowest BCUT2D eigenvalue weighted by molar-refractivity contribution is -0.000404. The van der Waals surface area contributed by atoms with Gasteiger partial charge in [0.25, 0.3) is 0 Å². The van der Waals surface area contributed by atoms with Crippen LogP contribution in [0.25, 0.3) is 0 Å². The molecule has 1 aromatic carbocycles. The zero-order chi connectivity index (χ0) is 13.8. The van der Waals surface area contributed by atoms with Crippen LogP contribution >= 0.6 is 0 Å². The van der Waals surface area contributed by atoms with Gasteiger partial charge in [-0.05, 0) is 30.7 Å². The number of hydrogen-bond donors (Lipinski definition) is 2. The molecule has 2 atom stereocenters. The van der Waals surface area contributed by atoms with Gasteiger partial charge in [0.15, 0.2) is 0 Å². The summed E-state index contributed by atoms with van der Waals surface area (Å²) in [6.45, 7) is 6.03. The van der Waals surface area contributed by atoms with Gasteiger partial charge in [-0.15, -0.1) is 0 Å². The zero-order valence-electron chi connectivity index (χ0n) is 11.7. The number of nitrogens with zero attached hydrogens (tertiary/aromatic N) is 1. The highest BCUT2D eigenvalue weighted by Crippen LogP contribution is 2.34. The average molecular weight is 265 g/mol. The second-order valence-corrected chi connectivity index (χ2v) is 4.90. The summed E-state index contributed by atoms with van der Waals surface area (Å²) in [6.07, 6.45) is 0.389. The SMILES string of the molecule is CCc1ccc2c(c1)C(O)C(N(CC)CCO)CO2. The van der Waals surface area contributed by atoms with E-state index in [1.54, 1.807) is 0 Å². The Balaban J connectivity index is 2.24. The highest BCUT2D eigenvalue weighted by atomic mass is 16.5. The molecule has 1 heterocycles. The summed E-state index contributed by atoms with van der Waals surface area (Å²) in [5.74, 6) is 0.779. The first-order chi connectivity index (χ1) is 9.21. The molecule has 2 N–H and O–H groups in total. The minimum Gasteiger partial charge on any atom is -0.491 e. The van der Waals surface area contributed by atoms with Crippen molar-refractivity contribution in [3.8, 4) is 5.75 Å². The Morgan fingerprint density at radius 3 is 2.79 bits per heavy atom. The number of hydrogen-bond acceptors (Lipinski definition) is 4. The summed E-state index contributed by atoms with van der Waals surface area (Å²) < 4.78 is 5.75. The van der Waals surface area contributed by atoms with Gasteiger partial charge in [-0.3, -0.25) is 4.90 Å². The Morgan fingerprint density at radius 1 is 1.37 bits per heavy atom. The normalized spacial score (nSPS) is 22.2. The van der Waals surface area contributed by atoms with E-state index in [-0.39, 0.29) is 12.6 Å². The van der Waals surface area contributed by atoms with Crippen molar-refractivity contribution in [3.63, 3.8) is 0 Å². The van der Waals surface area contributed by atoms with Gasteiger partial charge < -0.3 is 14.9 Å². The number of ether oxygens (including phenoxy) is 1. The van der Waals surface area contributed by atoms with Crippen molar-refractivity contribution in [2.75, 3.05) is 26.3 Å². The minimum absolute atomic E-state index is 0.0863. The molecule has 19 heavy (non-hydrogen) atoms. The number of aliphatic hydroxyl groups excluding tert-OH is 2. The summed E-state index contributed by atoms with van der Waals surface area (Å²) >= 11 is 0. The van der Waals surface area contributed by atoms with E-state index >= 15 is 0 Å². The minimum atomic E-state index is -0.554. The van der Waals surface area contributed by atoms with E-state index in [1.165, 1.54) is 5.56 Å². The van der Waals surface area contributed by atoms with Crippen LogP contribution in [0.1, 0.15) is 31.1 Å². The molecule has 0 spiro atoms. The molecule has 2 rings (SSSR count). The molecule has 106 valence electrons. The van der Waals surface area contributed by atoms with Gasteiger partial charge in [0.1, 0.15) is 18.5 Å². The lowest BCUT2D eigenvalue weighted by atomic mass is 9.95. The largest absolute Gasteiger partial charge is 0.491 e. The summed E-state index contributed by atoms with van der Waals surface area (Å²) in [6, 6.07) is 5.92. The maximum atomic E-state index is 10.6. The monoisotopic (exact) mass is 265 g/mol. The van der Waals surface area contributed by atoms with E-state index in [2.05, 4.69) is 11.8 Å². The van der Waals surface area contributed by atoms with Crippen LogP contribution < -0.4 is 4.74 Å². The van der Waals surface area contributed by atoms with Crippen molar-refractivity contribution >= 4 is 0 Å². The molecule has 0 aliphatic carbocycles. The maximum Gasteiger partial charge on any atom is 0.125 e. The maximum absolute atomic E-state index is 10.6. The Labute approximate surface area is 114 Å². The molecule has 4 heteroatoms. The van der Waals surface area contributed by atoms with E-state index in [1.807, 2.05) is 25.1 Å². The first-order valence-corrected chi connectivity index (χ1v) is 6.99. The van der Waals surface area contributed by atoms with Crippen molar-refractivity contribution in [3.05, 3.63) is 29.3 Å². The predicted octanol–water partition coefficient (Wildman–Crippen LogP) is 1.36. The fourth-order valence-corrected chi connectivity index (χ4v) is 2.65. The van der Waals surface area contributed by atoms with Gasteiger partial charge in [-0.2, -0.15) is 0 Å². The highest BCUT2D eigenvalue weighted by Gasteiger charge is 2.33. The van der Waals surface area contributed by atoms with E-state index < -0.39 is 6.10 Å². The van der Waals surface area contributed by atoms with Gasteiger partial charge in [0, 0.05) is 12.1 Å².